The molecule has 1 aromatic heterocycles. The maximum absolute atomic E-state index is 6.53. The highest BCUT2D eigenvalue weighted by molar-refractivity contribution is 6.98. The first-order chi connectivity index (χ1) is 20.3. The number of aliphatic imine (C=N–C) groups is 1. The molecule has 5 aromatic rings. The number of benzene rings is 4. The van der Waals surface area contributed by atoms with Crippen LogP contribution in [0.2, 0.25) is 0 Å². The Morgan fingerprint density at radius 1 is 0.619 bits per heavy atom. The average molecular weight is 547 g/mol. The first-order valence-electron chi connectivity index (χ1n) is 14.5. The van der Waals surface area contributed by atoms with Gasteiger partial charge in [-0.15, -0.1) is 0 Å². The first kappa shape index (κ1) is 24.9. The molecule has 8 rings (SSSR count). The van der Waals surface area contributed by atoms with Gasteiger partial charge in [-0.1, -0.05) is 72.8 Å². The minimum Gasteiger partial charge on any atom is -0.458 e. The van der Waals surface area contributed by atoms with Gasteiger partial charge in [-0.2, -0.15) is 0 Å². The lowest BCUT2D eigenvalue weighted by atomic mass is 9.35. The molecule has 0 unspecified atom stereocenters. The van der Waals surface area contributed by atoms with E-state index in [1.54, 1.807) is 0 Å². The van der Waals surface area contributed by atoms with Gasteiger partial charge in [0.25, 0.3) is 6.71 Å². The SMILES string of the molecule is CC1(C)N=C(c2ccccc2)N(c2cccc(-c3cc4c5c(c3)Oc3ccccc3B5c3ccccc3O4)n2)C1(C)C. The summed E-state index contributed by atoms with van der Waals surface area (Å²) in [4.78, 5) is 12.7. The van der Waals surface area contributed by atoms with Crippen molar-refractivity contribution in [2.45, 2.75) is 38.8 Å². The molecule has 0 spiro atoms. The van der Waals surface area contributed by atoms with E-state index in [0.29, 0.717) is 0 Å². The van der Waals surface area contributed by atoms with Crippen LogP contribution in [0.3, 0.4) is 0 Å². The number of ether oxygens (including phenoxy) is 2. The molecule has 6 heteroatoms. The van der Waals surface area contributed by atoms with Crippen LogP contribution in [0.15, 0.2) is 114 Å². The van der Waals surface area contributed by atoms with Crippen molar-refractivity contribution in [3.05, 3.63) is 115 Å². The molecule has 0 radical (unpaired) electrons. The Morgan fingerprint density at radius 2 is 1.21 bits per heavy atom. The Hall–Kier alpha value is -4.84. The standard InChI is InChI=1S/C36H30BN3O2/c1-35(2)36(3,4)40(34(39-35)23-13-6-5-7-14-23)32-20-12-17-27(38-32)24-21-30-33-31(22-24)42-29-19-11-9-16-26(29)37(33)25-15-8-10-18-28(25)41-30/h5-22H,1-4H3. The Labute approximate surface area is 246 Å². The zero-order chi connectivity index (χ0) is 28.6. The van der Waals surface area contributed by atoms with Crippen LogP contribution < -0.4 is 30.8 Å². The highest BCUT2D eigenvalue weighted by Crippen LogP contribution is 2.43. The van der Waals surface area contributed by atoms with Crippen LogP contribution in [-0.4, -0.2) is 28.6 Å². The number of aromatic nitrogens is 1. The van der Waals surface area contributed by atoms with Gasteiger partial charge in [0.2, 0.25) is 0 Å². The van der Waals surface area contributed by atoms with E-state index in [1.807, 2.05) is 30.3 Å². The lowest BCUT2D eigenvalue weighted by Gasteiger charge is -2.40. The predicted molar refractivity (Wildman–Crippen MR) is 171 cm³/mol. The van der Waals surface area contributed by atoms with Crippen LogP contribution in [-0.2, 0) is 0 Å². The lowest BCUT2D eigenvalue weighted by molar-refractivity contribution is 0.337. The molecule has 0 aliphatic carbocycles. The minimum atomic E-state index is -0.316. The molecular formula is C36H30BN3O2. The summed E-state index contributed by atoms with van der Waals surface area (Å²) in [6, 6.07) is 37.4. The van der Waals surface area contributed by atoms with Crippen molar-refractivity contribution in [1.82, 2.24) is 4.98 Å². The van der Waals surface area contributed by atoms with Gasteiger partial charge in [0.15, 0.2) is 0 Å². The third kappa shape index (κ3) is 3.57. The van der Waals surface area contributed by atoms with Crippen LogP contribution >= 0.6 is 0 Å². The second kappa shape index (κ2) is 8.83. The van der Waals surface area contributed by atoms with Gasteiger partial charge in [0.05, 0.1) is 16.8 Å². The molecule has 42 heavy (non-hydrogen) atoms. The van der Waals surface area contributed by atoms with Gasteiger partial charge in [-0.05, 0) is 75.0 Å². The molecule has 5 nitrogen and oxygen atoms in total. The second-order valence-electron chi connectivity index (χ2n) is 12.2. The lowest BCUT2D eigenvalue weighted by Crippen LogP contribution is -2.57. The third-order valence-corrected chi connectivity index (χ3v) is 9.24. The fourth-order valence-electron chi connectivity index (χ4n) is 6.42. The fraction of sp³-hybridized carbons (Fsp3) is 0.167. The molecule has 3 aliphatic heterocycles. The number of anilines is 1. The number of para-hydroxylation sites is 2. The van der Waals surface area contributed by atoms with Crippen molar-refractivity contribution in [2.24, 2.45) is 4.99 Å². The van der Waals surface area contributed by atoms with Gasteiger partial charge in [-0.3, -0.25) is 4.99 Å². The Bertz CT molecular complexity index is 1840. The normalized spacial score (nSPS) is 16.9. The summed E-state index contributed by atoms with van der Waals surface area (Å²) in [7, 11) is 0. The number of hydrogen-bond acceptors (Lipinski definition) is 5. The highest BCUT2D eigenvalue weighted by atomic mass is 16.5. The number of fused-ring (bicyclic) bond motifs is 4. The van der Waals surface area contributed by atoms with E-state index < -0.39 is 0 Å². The van der Waals surface area contributed by atoms with Gasteiger partial charge in [-0.25, -0.2) is 4.98 Å². The van der Waals surface area contributed by atoms with E-state index in [9.17, 15) is 0 Å². The van der Waals surface area contributed by atoms with E-state index >= 15 is 0 Å². The average Bonchev–Trinajstić information content (AvgIpc) is 3.20. The van der Waals surface area contributed by atoms with Crippen LogP contribution in [0.1, 0.15) is 33.3 Å². The van der Waals surface area contributed by atoms with Crippen molar-refractivity contribution < 1.29 is 9.47 Å². The molecule has 4 aromatic carbocycles. The zero-order valence-electron chi connectivity index (χ0n) is 24.1. The zero-order valence-corrected chi connectivity index (χ0v) is 24.1. The molecule has 0 bridgehead atoms. The largest absolute Gasteiger partial charge is 0.458 e. The Balaban J connectivity index is 1.26. The number of hydrogen-bond donors (Lipinski definition) is 0. The Kier molecular flexibility index (Phi) is 5.24. The topological polar surface area (TPSA) is 47.0 Å². The second-order valence-corrected chi connectivity index (χ2v) is 12.2. The Morgan fingerprint density at radius 3 is 1.86 bits per heavy atom. The fourth-order valence-corrected chi connectivity index (χ4v) is 6.42. The summed E-state index contributed by atoms with van der Waals surface area (Å²) in [5, 5.41) is 0. The van der Waals surface area contributed by atoms with Crippen LogP contribution in [0, 0.1) is 0 Å². The smallest absolute Gasteiger partial charge is 0.260 e. The summed E-state index contributed by atoms with van der Waals surface area (Å²) >= 11 is 0. The molecule has 204 valence electrons. The van der Waals surface area contributed by atoms with E-state index in [4.69, 9.17) is 19.5 Å². The number of amidine groups is 1. The van der Waals surface area contributed by atoms with Crippen molar-refractivity contribution in [2.75, 3.05) is 4.90 Å². The third-order valence-electron chi connectivity index (χ3n) is 9.24. The van der Waals surface area contributed by atoms with Gasteiger partial charge in [0.1, 0.15) is 34.7 Å². The molecule has 3 aliphatic rings. The van der Waals surface area contributed by atoms with Crippen LogP contribution in [0.25, 0.3) is 11.3 Å². The maximum atomic E-state index is 6.53. The van der Waals surface area contributed by atoms with Crippen molar-refractivity contribution in [1.29, 1.82) is 0 Å². The van der Waals surface area contributed by atoms with Crippen molar-refractivity contribution in [3.8, 4) is 34.3 Å². The van der Waals surface area contributed by atoms with E-state index in [2.05, 4.69) is 111 Å². The minimum absolute atomic E-state index is 0.0514. The monoisotopic (exact) mass is 547 g/mol. The van der Waals surface area contributed by atoms with Crippen molar-refractivity contribution in [3.63, 3.8) is 0 Å². The van der Waals surface area contributed by atoms with Gasteiger partial charge in [0, 0.05) is 16.6 Å². The molecule has 4 heterocycles. The first-order valence-corrected chi connectivity index (χ1v) is 14.5. The summed E-state index contributed by atoms with van der Waals surface area (Å²) in [5.41, 5.74) is 5.61. The van der Waals surface area contributed by atoms with E-state index in [-0.39, 0.29) is 17.8 Å². The number of pyridine rings is 1. The quantitative estimate of drug-likeness (QED) is 0.244. The van der Waals surface area contributed by atoms with Crippen LogP contribution in [0.4, 0.5) is 5.82 Å². The van der Waals surface area contributed by atoms with Crippen LogP contribution in [0.5, 0.6) is 23.0 Å². The molecule has 0 saturated carbocycles. The summed E-state index contributed by atoms with van der Waals surface area (Å²) in [5.74, 6) is 5.15. The van der Waals surface area contributed by atoms with Crippen molar-refractivity contribution >= 4 is 34.8 Å². The van der Waals surface area contributed by atoms with E-state index in [1.165, 1.54) is 0 Å². The summed E-state index contributed by atoms with van der Waals surface area (Å²) in [6.07, 6.45) is 0. The molecule has 0 saturated heterocycles. The molecule has 0 atom stereocenters. The predicted octanol–water partition coefficient (Wildman–Crippen LogP) is 6.30. The summed E-state index contributed by atoms with van der Waals surface area (Å²) < 4.78 is 13.1. The molecule has 0 N–H and O–H groups in total. The number of nitrogens with zero attached hydrogens (tertiary/aromatic N) is 3. The molecular weight excluding hydrogens is 517 g/mol. The highest BCUT2D eigenvalue weighted by Gasteiger charge is 2.50. The van der Waals surface area contributed by atoms with E-state index in [0.717, 1.165) is 67.9 Å². The van der Waals surface area contributed by atoms with Gasteiger partial charge < -0.3 is 14.4 Å². The maximum Gasteiger partial charge on any atom is 0.260 e. The van der Waals surface area contributed by atoms with Gasteiger partial charge >= 0.3 is 0 Å². The summed E-state index contributed by atoms with van der Waals surface area (Å²) in [6.45, 7) is 8.90. The molecule has 0 amide bonds. The molecule has 0 fully saturated rings. The number of rotatable bonds is 3.